The zero-order valence-corrected chi connectivity index (χ0v) is 16.6. The third-order valence-corrected chi connectivity index (χ3v) is 4.48. The van der Waals surface area contributed by atoms with Crippen LogP contribution in [-0.4, -0.2) is 16.2 Å². The summed E-state index contributed by atoms with van der Waals surface area (Å²) in [7, 11) is 0. The first-order valence-electron chi connectivity index (χ1n) is 9.20. The number of nitrogens with zero attached hydrogens (tertiary/aromatic N) is 2. The van der Waals surface area contributed by atoms with E-state index in [0.29, 0.717) is 28.8 Å². The molecular formula is C23H17ClN2O4. The van der Waals surface area contributed by atoms with Crippen LogP contribution in [0.5, 0.6) is 5.75 Å². The molecule has 0 radical (unpaired) electrons. The molecule has 150 valence electrons. The zero-order valence-electron chi connectivity index (χ0n) is 15.8. The van der Waals surface area contributed by atoms with Crippen LogP contribution in [0.2, 0.25) is 5.02 Å². The van der Waals surface area contributed by atoms with Gasteiger partial charge in [0.05, 0.1) is 0 Å². The minimum absolute atomic E-state index is 0.135. The molecule has 0 bridgehead atoms. The summed E-state index contributed by atoms with van der Waals surface area (Å²) in [6.07, 6.45) is 0. The highest BCUT2D eigenvalue weighted by Gasteiger charge is 2.16. The van der Waals surface area contributed by atoms with E-state index in [1.54, 1.807) is 36.4 Å². The van der Waals surface area contributed by atoms with Gasteiger partial charge in [0.25, 0.3) is 5.89 Å². The van der Waals surface area contributed by atoms with Gasteiger partial charge in [0.15, 0.2) is 6.61 Å². The zero-order chi connectivity index (χ0) is 20.8. The van der Waals surface area contributed by atoms with Crippen LogP contribution in [0.15, 0.2) is 83.3 Å². The molecule has 4 aromatic rings. The molecule has 0 atom stereocenters. The summed E-state index contributed by atoms with van der Waals surface area (Å²) in [6.45, 7) is 0.162. The van der Waals surface area contributed by atoms with E-state index >= 15 is 0 Å². The molecule has 0 aliphatic heterocycles. The Balaban J connectivity index is 1.39. The number of ether oxygens (including phenoxy) is 2. The van der Waals surface area contributed by atoms with Crippen molar-refractivity contribution in [2.24, 2.45) is 0 Å². The van der Waals surface area contributed by atoms with E-state index in [1.807, 2.05) is 42.5 Å². The van der Waals surface area contributed by atoms with Gasteiger partial charge in [-0.3, -0.25) is 0 Å². The molecule has 30 heavy (non-hydrogen) atoms. The predicted octanol–water partition coefficient (Wildman–Crippen LogP) is 5.33. The SMILES string of the molecule is O=C(OCc1nnc(-c2ccccc2)o1)c1ccccc1OCc1ccc(Cl)cc1. The largest absolute Gasteiger partial charge is 0.488 e. The van der Waals surface area contributed by atoms with Crippen LogP contribution >= 0.6 is 11.6 Å². The van der Waals surface area contributed by atoms with Crippen molar-refractivity contribution >= 4 is 17.6 Å². The van der Waals surface area contributed by atoms with Crippen LogP contribution in [0.3, 0.4) is 0 Å². The lowest BCUT2D eigenvalue weighted by Crippen LogP contribution is -2.08. The Hall–Kier alpha value is -3.64. The predicted molar refractivity (Wildman–Crippen MR) is 111 cm³/mol. The van der Waals surface area contributed by atoms with Gasteiger partial charge in [-0.25, -0.2) is 4.79 Å². The monoisotopic (exact) mass is 420 g/mol. The maximum absolute atomic E-state index is 12.6. The van der Waals surface area contributed by atoms with E-state index in [4.69, 9.17) is 25.5 Å². The lowest BCUT2D eigenvalue weighted by Gasteiger charge is -2.11. The highest BCUT2D eigenvalue weighted by molar-refractivity contribution is 6.30. The minimum Gasteiger partial charge on any atom is -0.488 e. The molecule has 4 rings (SSSR count). The summed E-state index contributed by atoms with van der Waals surface area (Å²) < 4.78 is 16.7. The van der Waals surface area contributed by atoms with Crippen molar-refractivity contribution < 1.29 is 18.7 Å². The van der Waals surface area contributed by atoms with Gasteiger partial charge in [0.2, 0.25) is 5.89 Å². The van der Waals surface area contributed by atoms with Gasteiger partial charge in [-0.05, 0) is 42.0 Å². The van der Waals surface area contributed by atoms with Gasteiger partial charge in [-0.2, -0.15) is 0 Å². The normalized spacial score (nSPS) is 10.6. The lowest BCUT2D eigenvalue weighted by molar-refractivity contribution is 0.0433. The van der Waals surface area contributed by atoms with Crippen LogP contribution in [0.1, 0.15) is 21.8 Å². The van der Waals surface area contributed by atoms with Crippen molar-refractivity contribution in [1.82, 2.24) is 10.2 Å². The Kier molecular flexibility index (Phi) is 6.06. The molecule has 0 saturated heterocycles. The Labute approximate surface area is 178 Å². The second kappa shape index (κ2) is 9.24. The van der Waals surface area contributed by atoms with Crippen LogP contribution in [0, 0.1) is 0 Å². The number of hydrogen-bond donors (Lipinski definition) is 0. The number of halogens is 1. The highest BCUT2D eigenvalue weighted by atomic mass is 35.5. The molecule has 0 amide bonds. The number of para-hydroxylation sites is 1. The molecule has 7 heteroatoms. The van der Waals surface area contributed by atoms with Crippen LogP contribution in [0.4, 0.5) is 0 Å². The molecule has 0 unspecified atom stereocenters. The second-order valence-corrected chi connectivity index (χ2v) is 6.79. The number of esters is 1. The van der Waals surface area contributed by atoms with Gasteiger partial charge in [-0.15, -0.1) is 10.2 Å². The van der Waals surface area contributed by atoms with E-state index in [1.165, 1.54) is 0 Å². The number of rotatable bonds is 7. The van der Waals surface area contributed by atoms with E-state index in [0.717, 1.165) is 11.1 Å². The molecule has 0 aliphatic rings. The average molecular weight is 421 g/mol. The topological polar surface area (TPSA) is 74.5 Å². The van der Waals surface area contributed by atoms with Crippen LogP contribution in [-0.2, 0) is 18.0 Å². The first kappa shape index (κ1) is 19.7. The van der Waals surface area contributed by atoms with Gasteiger partial charge in [0.1, 0.15) is 17.9 Å². The molecule has 0 N–H and O–H groups in total. The van der Waals surface area contributed by atoms with Gasteiger partial charge in [-0.1, -0.05) is 54.1 Å². The molecule has 0 spiro atoms. The highest BCUT2D eigenvalue weighted by Crippen LogP contribution is 2.22. The molecule has 0 aliphatic carbocycles. The van der Waals surface area contributed by atoms with Crippen molar-refractivity contribution in [3.05, 3.63) is 101 Å². The third-order valence-electron chi connectivity index (χ3n) is 4.23. The number of hydrogen-bond acceptors (Lipinski definition) is 6. The van der Waals surface area contributed by atoms with Crippen LogP contribution in [0.25, 0.3) is 11.5 Å². The van der Waals surface area contributed by atoms with Crippen molar-refractivity contribution in [3.8, 4) is 17.2 Å². The Morgan fingerprint density at radius 1 is 0.867 bits per heavy atom. The Bertz CT molecular complexity index is 1130. The average Bonchev–Trinajstić information content (AvgIpc) is 3.27. The fraction of sp³-hybridized carbons (Fsp3) is 0.0870. The standard InChI is InChI=1S/C23H17ClN2O4/c24-18-12-10-16(11-13-18)14-28-20-9-5-4-8-19(20)23(27)29-15-21-25-26-22(30-21)17-6-2-1-3-7-17/h1-13H,14-15H2. The number of carbonyl (C=O) groups is 1. The molecule has 0 fully saturated rings. The number of carbonyl (C=O) groups excluding carboxylic acids is 1. The van der Waals surface area contributed by atoms with E-state index < -0.39 is 5.97 Å². The number of benzene rings is 3. The summed E-state index contributed by atoms with van der Waals surface area (Å²) in [5.41, 5.74) is 2.04. The lowest BCUT2D eigenvalue weighted by atomic mass is 10.2. The van der Waals surface area contributed by atoms with Crippen molar-refractivity contribution in [1.29, 1.82) is 0 Å². The van der Waals surface area contributed by atoms with Gasteiger partial charge < -0.3 is 13.9 Å². The molecular weight excluding hydrogens is 404 g/mol. The molecule has 0 saturated carbocycles. The summed E-state index contributed by atoms with van der Waals surface area (Å²) in [4.78, 5) is 12.6. The first-order valence-corrected chi connectivity index (χ1v) is 9.58. The van der Waals surface area contributed by atoms with Crippen molar-refractivity contribution in [3.63, 3.8) is 0 Å². The quantitative estimate of drug-likeness (QED) is 0.376. The van der Waals surface area contributed by atoms with E-state index in [2.05, 4.69) is 10.2 Å². The summed E-state index contributed by atoms with van der Waals surface area (Å²) in [6, 6.07) is 23.6. The van der Waals surface area contributed by atoms with Gasteiger partial charge >= 0.3 is 5.97 Å². The third kappa shape index (κ3) is 4.85. The summed E-state index contributed by atoms with van der Waals surface area (Å²) in [5.74, 6) is 0.462. The smallest absolute Gasteiger partial charge is 0.342 e. The maximum atomic E-state index is 12.6. The molecule has 6 nitrogen and oxygen atoms in total. The van der Waals surface area contributed by atoms with E-state index in [9.17, 15) is 4.79 Å². The molecule has 1 heterocycles. The number of aromatic nitrogens is 2. The van der Waals surface area contributed by atoms with Gasteiger partial charge in [0, 0.05) is 10.6 Å². The second-order valence-electron chi connectivity index (χ2n) is 6.35. The maximum Gasteiger partial charge on any atom is 0.342 e. The Morgan fingerprint density at radius 2 is 1.60 bits per heavy atom. The summed E-state index contributed by atoms with van der Waals surface area (Å²) in [5, 5.41) is 8.56. The van der Waals surface area contributed by atoms with E-state index in [-0.39, 0.29) is 12.5 Å². The Morgan fingerprint density at radius 3 is 2.40 bits per heavy atom. The molecule has 1 aromatic heterocycles. The minimum atomic E-state index is -0.541. The molecule has 3 aromatic carbocycles. The first-order chi connectivity index (χ1) is 14.7. The summed E-state index contributed by atoms with van der Waals surface area (Å²) >= 11 is 5.90. The van der Waals surface area contributed by atoms with Crippen molar-refractivity contribution in [2.75, 3.05) is 0 Å². The fourth-order valence-corrected chi connectivity index (χ4v) is 2.84. The fourth-order valence-electron chi connectivity index (χ4n) is 2.72. The van der Waals surface area contributed by atoms with Crippen LogP contribution < -0.4 is 4.74 Å². The van der Waals surface area contributed by atoms with Crippen molar-refractivity contribution in [2.45, 2.75) is 13.2 Å².